The molecule has 4 aliphatic rings. The van der Waals surface area contributed by atoms with Crippen LogP contribution in [0.15, 0.2) is 12.2 Å². The van der Waals surface area contributed by atoms with Crippen molar-refractivity contribution in [3.8, 4) is 0 Å². The SMILES string of the molecule is CC(C)(C)NC(=O)OC1CCCCCC=CC2CC2(C(=O)NS(=O)(=O)C2CC2)NC(=O)C2CCCN2C1=O. The number of sulfonamides is 1. The standard InChI is InChI=1S/C26H40N4O7S/c1-25(2,3)28-24(34)37-20-12-8-6-4-5-7-10-17-16-26(17,23(33)29-38(35,36)18-13-14-18)27-21(31)19-11-9-15-30(19)22(20)32/h7,10,17-20H,4-6,8-9,11-16H2,1-3H3,(H,27,31)(H,28,34)(H,29,33). The first-order valence-corrected chi connectivity index (χ1v) is 15.2. The molecule has 12 heteroatoms. The van der Waals surface area contributed by atoms with E-state index in [0.29, 0.717) is 51.5 Å². The molecule has 4 rings (SSSR count). The molecular weight excluding hydrogens is 512 g/mol. The second-order valence-corrected chi connectivity index (χ2v) is 13.9. The minimum atomic E-state index is -3.78. The molecular formula is C26H40N4O7S. The van der Waals surface area contributed by atoms with Crippen LogP contribution in [-0.4, -0.2) is 72.2 Å². The number of allylic oxidation sites excluding steroid dienone is 1. The first-order chi connectivity index (χ1) is 17.8. The molecule has 3 N–H and O–H groups in total. The van der Waals surface area contributed by atoms with Gasteiger partial charge in [0.15, 0.2) is 6.10 Å². The van der Waals surface area contributed by atoms with Gasteiger partial charge >= 0.3 is 6.09 Å². The van der Waals surface area contributed by atoms with Gasteiger partial charge < -0.3 is 20.3 Å². The van der Waals surface area contributed by atoms with Gasteiger partial charge in [0.2, 0.25) is 15.9 Å². The third kappa shape index (κ3) is 6.68. The van der Waals surface area contributed by atoms with E-state index in [1.807, 2.05) is 32.9 Å². The Morgan fingerprint density at radius 1 is 1.08 bits per heavy atom. The third-order valence-electron chi connectivity index (χ3n) is 7.51. The summed E-state index contributed by atoms with van der Waals surface area (Å²) in [6.45, 7) is 5.77. The Hall–Kier alpha value is -2.63. The number of carbonyl (C=O) groups excluding carboxylic acids is 4. The van der Waals surface area contributed by atoms with Gasteiger partial charge in [0.05, 0.1) is 5.25 Å². The molecule has 0 aromatic carbocycles. The van der Waals surface area contributed by atoms with Gasteiger partial charge in [0.1, 0.15) is 11.6 Å². The zero-order valence-electron chi connectivity index (χ0n) is 22.5. The molecule has 1 saturated heterocycles. The molecule has 38 heavy (non-hydrogen) atoms. The molecule has 0 radical (unpaired) electrons. The summed E-state index contributed by atoms with van der Waals surface area (Å²) in [5, 5.41) is 4.96. The van der Waals surface area contributed by atoms with Crippen molar-refractivity contribution < 1.29 is 32.3 Å². The van der Waals surface area contributed by atoms with Crippen molar-refractivity contribution in [2.75, 3.05) is 6.54 Å². The molecule has 2 saturated carbocycles. The predicted molar refractivity (Wildman–Crippen MR) is 139 cm³/mol. The first-order valence-electron chi connectivity index (χ1n) is 13.7. The lowest BCUT2D eigenvalue weighted by Gasteiger charge is -2.30. The number of hydrogen-bond acceptors (Lipinski definition) is 7. The average molecular weight is 553 g/mol. The molecule has 0 bridgehead atoms. The lowest BCUT2D eigenvalue weighted by molar-refractivity contribution is -0.146. The second-order valence-electron chi connectivity index (χ2n) is 12.0. The largest absolute Gasteiger partial charge is 0.436 e. The Bertz CT molecular complexity index is 1100. The van der Waals surface area contributed by atoms with Crippen LogP contribution in [0.5, 0.6) is 0 Å². The molecule has 4 amide bonds. The number of fused-ring (bicyclic) bond motifs is 2. The van der Waals surface area contributed by atoms with Gasteiger partial charge in [-0.1, -0.05) is 18.6 Å². The first kappa shape index (κ1) is 28.4. The predicted octanol–water partition coefficient (Wildman–Crippen LogP) is 1.87. The van der Waals surface area contributed by atoms with Gasteiger partial charge in [0.25, 0.3) is 11.8 Å². The molecule has 212 valence electrons. The number of amides is 4. The smallest absolute Gasteiger partial charge is 0.408 e. The number of carbonyl (C=O) groups is 4. The highest BCUT2D eigenvalue weighted by Gasteiger charge is 2.61. The highest BCUT2D eigenvalue weighted by Crippen LogP contribution is 2.46. The highest BCUT2D eigenvalue weighted by molar-refractivity contribution is 7.91. The maximum Gasteiger partial charge on any atom is 0.408 e. The molecule has 4 atom stereocenters. The molecule has 0 aromatic rings. The van der Waals surface area contributed by atoms with Crippen LogP contribution in [0, 0.1) is 5.92 Å². The molecule has 0 aromatic heterocycles. The molecule has 2 aliphatic carbocycles. The Morgan fingerprint density at radius 3 is 2.50 bits per heavy atom. The van der Waals surface area contributed by atoms with Crippen molar-refractivity contribution in [1.29, 1.82) is 0 Å². The summed E-state index contributed by atoms with van der Waals surface area (Å²) < 4.78 is 32.7. The summed E-state index contributed by atoms with van der Waals surface area (Å²) in [6.07, 6.45) is 7.84. The minimum Gasteiger partial charge on any atom is -0.436 e. The van der Waals surface area contributed by atoms with Crippen molar-refractivity contribution in [3.63, 3.8) is 0 Å². The van der Waals surface area contributed by atoms with Crippen LogP contribution in [0.25, 0.3) is 0 Å². The minimum absolute atomic E-state index is 0.292. The third-order valence-corrected chi connectivity index (χ3v) is 9.33. The molecule has 2 heterocycles. The van der Waals surface area contributed by atoms with E-state index in [1.165, 1.54) is 4.90 Å². The monoisotopic (exact) mass is 552 g/mol. The van der Waals surface area contributed by atoms with Gasteiger partial charge in [-0.15, -0.1) is 0 Å². The Balaban J connectivity index is 1.54. The van der Waals surface area contributed by atoms with E-state index in [-0.39, 0.29) is 5.92 Å². The molecule has 11 nitrogen and oxygen atoms in total. The summed E-state index contributed by atoms with van der Waals surface area (Å²) in [5.41, 5.74) is -1.90. The van der Waals surface area contributed by atoms with Crippen molar-refractivity contribution in [2.24, 2.45) is 5.92 Å². The summed E-state index contributed by atoms with van der Waals surface area (Å²) >= 11 is 0. The topological polar surface area (TPSA) is 151 Å². The van der Waals surface area contributed by atoms with E-state index in [4.69, 9.17) is 4.74 Å². The van der Waals surface area contributed by atoms with Crippen LogP contribution < -0.4 is 15.4 Å². The summed E-state index contributed by atoms with van der Waals surface area (Å²) in [6, 6.07) is -0.834. The van der Waals surface area contributed by atoms with E-state index in [1.54, 1.807) is 0 Å². The fourth-order valence-electron chi connectivity index (χ4n) is 5.18. The maximum atomic E-state index is 13.6. The van der Waals surface area contributed by atoms with Gasteiger partial charge in [0, 0.05) is 18.0 Å². The lowest BCUT2D eigenvalue weighted by atomic mass is 10.1. The quantitative estimate of drug-likeness (QED) is 0.451. The lowest BCUT2D eigenvalue weighted by Crippen LogP contribution is -2.57. The average Bonchev–Trinajstić information content (AvgIpc) is 3.72. The normalized spacial score (nSPS) is 30.7. The van der Waals surface area contributed by atoms with Crippen LogP contribution in [0.1, 0.15) is 85.0 Å². The Morgan fingerprint density at radius 2 is 1.82 bits per heavy atom. The van der Waals surface area contributed by atoms with E-state index in [0.717, 1.165) is 19.3 Å². The van der Waals surface area contributed by atoms with Crippen LogP contribution >= 0.6 is 0 Å². The number of ether oxygens (including phenoxy) is 1. The van der Waals surface area contributed by atoms with E-state index in [2.05, 4.69) is 15.4 Å². The zero-order valence-corrected chi connectivity index (χ0v) is 23.3. The van der Waals surface area contributed by atoms with Crippen LogP contribution in [-0.2, 0) is 29.1 Å². The van der Waals surface area contributed by atoms with Crippen molar-refractivity contribution in [2.45, 2.75) is 113 Å². The number of rotatable bonds is 4. The number of hydrogen-bond donors (Lipinski definition) is 3. The molecule has 0 spiro atoms. The highest BCUT2D eigenvalue weighted by atomic mass is 32.2. The number of alkyl carbamates (subject to hydrolysis) is 1. The second kappa shape index (κ2) is 10.9. The molecule has 3 fully saturated rings. The van der Waals surface area contributed by atoms with Crippen LogP contribution in [0.3, 0.4) is 0 Å². The fraction of sp³-hybridized carbons (Fsp3) is 0.769. The molecule has 4 unspecified atom stereocenters. The molecule has 2 aliphatic heterocycles. The van der Waals surface area contributed by atoms with Gasteiger partial charge in [-0.3, -0.25) is 19.1 Å². The summed E-state index contributed by atoms with van der Waals surface area (Å²) in [7, 11) is -3.78. The van der Waals surface area contributed by atoms with Gasteiger partial charge in [-0.25, -0.2) is 13.2 Å². The van der Waals surface area contributed by atoms with E-state index >= 15 is 0 Å². The van der Waals surface area contributed by atoms with Crippen LogP contribution in [0.4, 0.5) is 4.79 Å². The van der Waals surface area contributed by atoms with Gasteiger partial charge in [-0.05, 0) is 78.6 Å². The van der Waals surface area contributed by atoms with Crippen molar-refractivity contribution in [1.82, 2.24) is 20.3 Å². The van der Waals surface area contributed by atoms with Crippen molar-refractivity contribution >= 4 is 33.8 Å². The fourth-order valence-corrected chi connectivity index (χ4v) is 6.55. The zero-order chi connectivity index (χ0) is 27.7. The van der Waals surface area contributed by atoms with E-state index < -0.39 is 62.3 Å². The van der Waals surface area contributed by atoms with Crippen LogP contribution in [0.2, 0.25) is 0 Å². The maximum absolute atomic E-state index is 13.6. The van der Waals surface area contributed by atoms with Gasteiger partial charge in [-0.2, -0.15) is 0 Å². The number of nitrogens with zero attached hydrogens (tertiary/aromatic N) is 1. The Labute approximate surface area is 224 Å². The summed E-state index contributed by atoms with van der Waals surface area (Å²) in [5.74, 6) is -1.98. The Kier molecular flexibility index (Phi) is 8.11. The summed E-state index contributed by atoms with van der Waals surface area (Å²) in [4.78, 5) is 54.2. The van der Waals surface area contributed by atoms with Crippen molar-refractivity contribution in [3.05, 3.63) is 12.2 Å². The van der Waals surface area contributed by atoms with E-state index in [9.17, 15) is 27.6 Å². The number of nitrogens with one attached hydrogen (secondary N) is 3.